The third-order valence-corrected chi connectivity index (χ3v) is 3.65. The number of rotatable bonds is 1. The Hall–Kier alpha value is -0.570. The van der Waals surface area contributed by atoms with E-state index in [1.54, 1.807) is 0 Å². The summed E-state index contributed by atoms with van der Waals surface area (Å²) < 4.78 is 5.88. The maximum atomic E-state index is 8.32. The summed E-state index contributed by atoms with van der Waals surface area (Å²) >= 11 is 0. The lowest BCUT2D eigenvalue weighted by molar-refractivity contribution is -0.113. The van der Waals surface area contributed by atoms with E-state index in [9.17, 15) is 0 Å². The summed E-state index contributed by atoms with van der Waals surface area (Å²) in [6.45, 7) is 8.11. The van der Waals surface area contributed by atoms with E-state index in [2.05, 4.69) is 25.7 Å². The van der Waals surface area contributed by atoms with E-state index in [0.717, 1.165) is 18.9 Å². The van der Waals surface area contributed by atoms with Crippen LogP contribution in [0.2, 0.25) is 0 Å². The topological polar surface area (TPSA) is 36.3 Å². The van der Waals surface area contributed by atoms with Crippen molar-refractivity contribution in [2.45, 2.75) is 58.2 Å². The summed E-state index contributed by atoms with van der Waals surface area (Å²) in [5, 5.41) is 8.32. The Morgan fingerprint density at radius 2 is 1.94 bits per heavy atom. The largest absolute Gasteiger partial charge is 0.369 e. The van der Waals surface area contributed by atoms with Crippen LogP contribution in [0.15, 0.2) is 0 Å². The molecule has 3 heteroatoms. The van der Waals surface area contributed by atoms with Crippen molar-refractivity contribution in [3.63, 3.8) is 0 Å². The minimum absolute atomic E-state index is 0.109. The zero-order valence-corrected chi connectivity index (χ0v) is 10.8. The zero-order chi connectivity index (χ0) is 11.8. The van der Waals surface area contributed by atoms with Gasteiger partial charge in [-0.05, 0) is 33.6 Å². The van der Waals surface area contributed by atoms with Gasteiger partial charge in [0, 0.05) is 19.0 Å². The van der Waals surface area contributed by atoms with Crippen molar-refractivity contribution >= 4 is 5.84 Å². The Labute approximate surface area is 98.7 Å². The average molecular weight is 224 g/mol. The van der Waals surface area contributed by atoms with Gasteiger partial charge in [0.15, 0.2) is 0 Å². The van der Waals surface area contributed by atoms with Gasteiger partial charge in [-0.15, -0.1) is 0 Å². The first-order valence-electron chi connectivity index (χ1n) is 6.49. The molecule has 0 aromatic heterocycles. The standard InChI is InChI=1S/C13H24N2O/c1-10-8-15(9-13(2,3)16-10)12(14)11-6-4-5-7-11/h10-11,14H,4-9H2,1-3H3. The van der Waals surface area contributed by atoms with Crippen LogP contribution in [0.4, 0.5) is 0 Å². The first-order valence-corrected chi connectivity index (χ1v) is 6.49. The van der Waals surface area contributed by atoms with Crippen molar-refractivity contribution in [3.8, 4) is 0 Å². The Morgan fingerprint density at radius 1 is 1.31 bits per heavy atom. The third-order valence-electron chi connectivity index (χ3n) is 3.65. The van der Waals surface area contributed by atoms with Crippen molar-refractivity contribution in [2.75, 3.05) is 13.1 Å². The summed E-state index contributed by atoms with van der Waals surface area (Å²) in [7, 11) is 0. The molecule has 0 bridgehead atoms. The van der Waals surface area contributed by atoms with Gasteiger partial charge in [-0.1, -0.05) is 12.8 Å². The number of amidine groups is 1. The first kappa shape index (κ1) is 11.9. The fourth-order valence-electron chi connectivity index (χ4n) is 3.09. The van der Waals surface area contributed by atoms with Crippen LogP contribution >= 0.6 is 0 Å². The van der Waals surface area contributed by atoms with Gasteiger partial charge in [0.25, 0.3) is 0 Å². The molecule has 0 radical (unpaired) electrons. The number of hydrogen-bond acceptors (Lipinski definition) is 2. The normalized spacial score (nSPS) is 30.7. The fourth-order valence-corrected chi connectivity index (χ4v) is 3.09. The number of nitrogens with one attached hydrogen (secondary N) is 1. The van der Waals surface area contributed by atoms with E-state index in [1.807, 2.05) is 0 Å². The van der Waals surface area contributed by atoms with Gasteiger partial charge < -0.3 is 9.64 Å². The predicted octanol–water partition coefficient (Wildman–Crippen LogP) is 2.65. The van der Waals surface area contributed by atoms with Crippen LogP contribution in [0.5, 0.6) is 0 Å². The molecule has 92 valence electrons. The van der Waals surface area contributed by atoms with Crippen LogP contribution < -0.4 is 0 Å². The monoisotopic (exact) mass is 224 g/mol. The summed E-state index contributed by atoms with van der Waals surface area (Å²) in [5.74, 6) is 1.38. The molecule has 16 heavy (non-hydrogen) atoms. The van der Waals surface area contributed by atoms with Gasteiger partial charge in [-0.25, -0.2) is 0 Å². The quantitative estimate of drug-likeness (QED) is 0.549. The van der Waals surface area contributed by atoms with E-state index in [0.29, 0.717) is 5.92 Å². The second kappa shape index (κ2) is 4.36. The lowest BCUT2D eigenvalue weighted by Crippen LogP contribution is -2.54. The highest BCUT2D eigenvalue weighted by atomic mass is 16.5. The highest BCUT2D eigenvalue weighted by Crippen LogP contribution is 2.29. The molecule has 1 saturated heterocycles. The van der Waals surface area contributed by atoms with Crippen LogP contribution in [0, 0.1) is 11.3 Å². The van der Waals surface area contributed by atoms with Gasteiger partial charge in [0.05, 0.1) is 17.5 Å². The fraction of sp³-hybridized carbons (Fsp3) is 0.923. The number of nitrogens with zero attached hydrogens (tertiary/aromatic N) is 1. The van der Waals surface area contributed by atoms with Gasteiger partial charge in [-0.2, -0.15) is 0 Å². The summed E-state index contributed by atoms with van der Waals surface area (Å²) in [6.07, 6.45) is 5.27. The molecule has 3 nitrogen and oxygen atoms in total. The lowest BCUT2D eigenvalue weighted by atomic mass is 10.0. The number of ether oxygens (including phenoxy) is 1. The molecule has 1 aliphatic carbocycles. The molecular formula is C13H24N2O. The van der Waals surface area contributed by atoms with Crippen molar-refractivity contribution < 1.29 is 4.74 Å². The summed E-state index contributed by atoms with van der Waals surface area (Å²) in [5.41, 5.74) is -0.109. The van der Waals surface area contributed by atoms with Crippen molar-refractivity contribution in [2.24, 2.45) is 5.92 Å². The second-order valence-corrected chi connectivity index (χ2v) is 5.94. The van der Waals surface area contributed by atoms with E-state index in [4.69, 9.17) is 10.1 Å². The minimum Gasteiger partial charge on any atom is -0.369 e. The summed E-state index contributed by atoms with van der Waals surface area (Å²) in [6, 6.07) is 0. The number of hydrogen-bond donors (Lipinski definition) is 1. The molecule has 2 aliphatic rings. The molecule has 1 atom stereocenters. The maximum Gasteiger partial charge on any atom is 0.0991 e. The SMILES string of the molecule is CC1CN(C(=N)C2CCCC2)CC(C)(C)O1. The van der Waals surface area contributed by atoms with Crippen LogP contribution in [-0.4, -0.2) is 35.5 Å². The Bertz CT molecular complexity index is 269. The van der Waals surface area contributed by atoms with Gasteiger partial charge in [0.2, 0.25) is 0 Å². The first-order chi connectivity index (χ1) is 7.48. The van der Waals surface area contributed by atoms with Gasteiger partial charge in [0.1, 0.15) is 0 Å². The van der Waals surface area contributed by atoms with E-state index < -0.39 is 0 Å². The Kier molecular flexibility index (Phi) is 3.24. The van der Waals surface area contributed by atoms with Crippen molar-refractivity contribution in [1.29, 1.82) is 5.41 Å². The highest BCUT2D eigenvalue weighted by molar-refractivity contribution is 5.82. The number of morpholine rings is 1. The van der Waals surface area contributed by atoms with Crippen LogP contribution in [0.25, 0.3) is 0 Å². The van der Waals surface area contributed by atoms with Crippen LogP contribution in [0.1, 0.15) is 46.5 Å². The van der Waals surface area contributed by atoms with E-state index in [1.165, 1.54) is 25.7 Å². The molecule has 1 N–H and O–H groups in total. The molecule has 0 aromatic rings. The second-order valence-electron chi connectivity index (χ2n) is 5.94. The van der Waals surface area contributed by atoms with E-state index >= 15 is 0 Å². The molecule has 0 amide bonds. The lowest BCUT2D eigenvalue weighted by Gasteiger charge is -2.43. The zero-order valence-electron chi connectivity index (χ0n) is 10.8. The molecule has 0 spiro atoms. The Balaban J connectivity index is 2.00. The molecule has 2 rings (SSSR count). The molecule has 1 heterocycles. The molecule has 1 unspecified atom stereocenters. The molecule has 1 aliphatic heterocycles. The van der Waals surface area contributed by atoms with Gasteiger partial charge in [-0.3, -0.25) is 5.41 Å². The maximum absolute atomic E-state index is 8.32. The smallest absolute Gasteiger partial charge is 0.0991 e. The molecule has 0 aromatic carbocycles. The Morgan fingerprint density at radius 3 is 2.50 bits per heavy atom. The van der Waals surface area contributed by atoms with Crippen LogP contribution in [0.3, 0.4) is 0 Å². The third kappa shape index (κ3) is 2.57. The average Bonchev–Trinajstić information content (AvgIpc) is 2.65. The van der Waals surface area contributed by atoms with Crippen molar-refractivity contribution in [3.05, 3.63) is 0 Å². The minimum atomic E-state index is -0.109. The van der Waals surface area contributed by atoms with E-state index in [-0.39, 0.29) is 11.7 Å². The molecule has 1 saturated carbocycles. The van der Waals surface area contributed by atoms with Crippen LogP contribution in [-0.2, 0) is 4.74 Å². The predicted molar refractivity (Wildman–Crippen MR) is 65.9 cm³/mol. The highest BCUT2D eigenvalue weighted by Gasteiger charge is 2.34. The van der Waals surface area contributed by atoms with Crippen molar-refractivity contribution in [1.82, 2.24) is 4.90 Å². The summed E-state index contributed by atoms with van der Waals surface area (Å²) in [4.78, 5) is 2.24. The molecular weight excluding hydrogens is 200 g/mol. The molecule has 2 fully saturated rings. The van der Waals surface area contributed by atoms with Gasteiger partial charge >= 0.3 is 0 Å².